The number of halogens is 1. The van der Waals surface area contributed by atoms with Crippen LogP contribution < -0.4 is 15.5 Å². The van der Waals surface area contributed by atoms with Gasteiger partial charge in [0, 0.05) is 45.1 Å². The molecule has 1 amide bonds. The Labute approximate surface area is 225 Å². The minimum absolute atomic E-state index is 0.183. The third-order valence-corrected chi connectivity index (χ3v) is 8.24. The fraction of sp³-hybridized carbons (Fsp3) is 0.375. The Kier molecular flexibility index (Phi) is 7.41. The van der Waals surface area contributed by atoms with Gasteiger partial charge in [-0.05, 0) is 30.7 Å². The molecule has 0 bridgehead atoms. The predicted molar refractivity (Wildman–Crippen MR) is 143 cm³/mol. The van der Waals surface area contributed by atoms with Gasteiger partial charge in [-0.2, -0.15) is 9.78 Å². The van der Waals surface area contributed by atoms with Crippen molar-refractivity contribution in [2.24, 2.45) is 11.7 Å². The van der Waals surface area contributed by atoms with Crippen LogP contribution in [0, 0.1) is 23.1 Å². The maximum Gasteiger partial charge on any atom is 0.404 e. The highest BCUT2D eigenvalue weighted by Gasteiger charge is 2.29. The molecule has 3 aromatic heterocycles. The minimum Gasteiger partial charge on any atom is -0.449 e. The van der Waals surface area contributed by atoms with E-state index in [9.17, 15) is 14.4 Å². The van der Waals surface area contributed by atoms with Crippen molar-refractivity contribution in [3.63, 3.8) is 0 Å². The number of carbonyl (C=O) groups is 1. The van der Waals surface area contributed by atoms with Crippen molar-refractivity contribution in [3.8, 4) is 17.3 Å². The van der Waals surface area contributed by atoms with Crippen molar-refractivity contribution in [3.05, 3.63) is 40.7 Å². The Bertz CT molecular complexity index is 1490. The van der Waals surface area contributed by atoms with Crippen LogP contribution in [0.4, 0.5) is 25.3 Å². The molecule has 1 atom stereocenters. The number of aromatic nitrogens is 4. The Balaban J connectivity index is 1.47. The first-order chi connectivity index (χ1) is 18.4. The Morgan fingerprint density at radius 2 is 2.11 bits per heavy atom. The lowest BCUT2D eigenvalue weighted by Crippen LogP contribution is -2.23. The second-order valence-electron chi connectivity index (χ2n) is 8.79. The summed E-state index contributed by atoms with van der Waals surface area (Å²) in [5.74, 6) is 0.562. The van der Waals surface area contributed by atoms with Gasteiger partial charge in [-0.15, -0.1) is 5.10 Å². The molecule has 4 aromatic rings. The number of nitrogens with two attached hydrogens (primary N) is 1. The second kappa shape index (κ2) is 10.9. The molecule has 38 heavy (non-hydrogen) atoms. The fourth-order valence-electron chi connectivity index (χ4n) is 4.36. The number of primary amides is 1. The van der Waals surface area contributed by atoms with Crippen molar-refractivity contribution in [1.29, 1.82) is 5.26 Å². The van der Waals surface area contributed by atoms with Gasteiger partial charge in [0.05, 0.1) is 18.9 Å². The summed E-state index contributed by atoms with van der Waals surface area (Å²) in [6.45, 7) is 2.24. The molecule has 1 aliphatic heterocycles. The summed E-state index contributed by atoms with van der Waals surface area (Å²) in [6.07, 6.45) is 0.666. The molecule has 5 rings (SSSR count). The van der Waals surface area contributed by atoms with Gasteiger partial charge in [0.2, 0.25) is 10.1 Å². The molecule has 198 valence electrons. The summed E-state index contributed by atoms with van der Waals surface area (Å²) in [7, 11) is 3.50. The number of ether oxygens (including phenoxy) is 2. The zero-order valence-electron chi connectivity index (χ0n) is 20.8. The molecular formula is C24H25FN8O3S2. The summed E-state index contributed by atoms with van der Waals surface area (Å²) in [4.78, 5) is 25.7. The molecule has 4 heterocycles. The van der Waals surface area contributed by atoms with E-state index in [-0.39, 0.29) is 18.3 Å². The fourth-order valence-corrected chi connectivity index (χ4v) is 6.16. The third kappa shape index (κ3) is 5.13. The van der Waals surface area contributed by atoms with E-state index in [0.717, 1.165) is 34.6 Å². The first kappa shape index (κ1) is 25.8. The number of nitriles is 1. The van der Waals surface area contributed by atoms with Crippen LogP contribution in [0.5, 0.6) is 0 Å². The molecule has 11 nitrogen and oxygen atoms in total. The lowest BCUT2D eigenvalue weighted by atomic mass is 10.1. The number of amides is 1. The van der Waals surface area contributed by atoms with Gasteiger partial charge in [-0.25, -0.2) is 19.2 Å². The number of benzene rings is 1. The Morgan fingerprint density at radius 1 is 1.32 bits per heavy atom. The first-order valence-electron chi connectivity index (χ1n) is 11.8. The number of thiazole rings is 1. The molecule has 2 N–H and O–H groups in total. The molecule has 0 unspecified atom stereocenters. The number of hydrogen-bond donors (Lipinski definition) is 1. The molecule has 1 saturated heterocycles. The number of rotatable bonds is 9. The average Bonchev–Trinajstić information content (AvgIpc) is 3.68. The van der Waals surface area contributed by atoms with Crippen LogP contribution >= 0.6 is 22.7 Å². The number of hydrogen-bond acceptors (Lipinski definition) is 11. The Hall–Kier alpha value is -3.80. The summed E-state index contributed by atoms with van der Waals surface area (Å²) < 4.78 is 25.5. The average molecular weight is 557 g/mol. The molecule has 1 aliphatic rings. The van der Waals surface area contributed by atoms with Gasteiger partial charge in [0.15, 0.2) is 10.9 Å². The van der Waals surface area contributed by atoms with Gasteiger partial charge in [-0.3, -0.25) is 0 Å². The van der Waals surface area contributed by atoms with E-state index in [1.165, 1.54) is 34.8 Å². The van der Waals surface area contributed by atoms with Gasteiger partial charge in [0.1, 0.15) is 22.5 Å². The van der Waals surface area contributed by atoms with Gasteiger partial charge in [0.25, 0.3) is 0 Å². The van der Waals surface area contributed by atoms with Crippen LogP contribution in [0.25, 0.3) is 16.2 Å². The standard InChI is InChI=1S/C24H25FN8O3S2/c1-31(22-29-19(18(11-26)37-22)15-3-5-16(25)6-4-15)20-17(8-10-35-2)28-23-33(20)30-24(38-23)32-9-7-14(12-32)13-36-21(27)34/h3-6,14H,7-10,12-13H2,1-2H3,(H2,27,34)/t14-/m1/s1. The lowest BCUT2D eigenvalue weighted by molar-refractivity contribution is 0.140. The SMILES string of the molecule is COCCc1nc2sc(N3CC[C@@H](COC(N)=O)C3)nn2c1N(C)c1nc(-c2ccc(F)cc2)c(C#N)s1. The van der Waals surface area contributed by atoms with Crippen LogP contribution in [-0.2, 0) is 15.9 Å². The van der Waals surface area contributed by atoms with E-state index in [1.807, 2.05) is 11.9 Å². The quantitative estimate of drug-likeness (QED) is 0.326. The molecule has 0 aliphatic carbocycles. The highest BCUT2D eigenvalue weighted by Crippen LogP contribution is 2.38. The van der Waals surface area contributed by atoms with Gasteiger partial charge < -0.3 is 25.0 Å². The smallest absolute Gasteiger partial charge is 0.404 e. The van der Waals surface area contributed by atoms with Crippen molar-refractivity contribution >= 4 is 49.8 Å². The highest BCUT2D eigenvalue weighted by atomic mass is 32.1. The molecule has 14 heteroatoms. The normalized spacial score (nSPS) is 15.2. The van der Waals surface area contributed by atoms with Crippen molar-refractivity contribution < 1.29 is 18.7 Å². The largest absolute Gasteiger partial charge is 0.449 e. The summed E-state index contributed by atoms with van der Waals surface area (Å²) in [5, 5.41) is 16.0. The number of fused-ring (bicyclic) bond motifs is 1. The second-order valence-corrected chi connectivity index (χ2v) is 10.7. The zero-order chi connectivity index (χ0) is 26.8. The molecule has 1 aromatic carbocycles. The van der Waals surface area contributed by atoms with E-state index in [1.54, 1.807) is 23.8 Å². The molecule has 0 saturated carbocycles. The predicted octanol–water partition coefficient (Wildman–Crippen LogP) is 3.80. The van der Waals surface area contributed by atoms with Gasteiger partial charge in [-0.1, -0.05) is 22.7 Å². The van der Waals surface area contributed by atoms with Crippen LogP contribution in [0.3, 0.4) is 0 Å². The highest BCUT2D eigenvalue weighted by molar-refractivity contribution is 7.20. The lowest BCUT2D eigenvalue weighted by Gasteiger charge is -2.17. The van der Waals surface area contributed by atoms with E-state index < -0.39 is 6.09 Å². The summed E-state index contributed by atoms with van der Waals surface area (Å²) >= 11 is 2.72. The monoisotopic (exact) mass is 556 g/mol. The van der Waals surface area contributed by atoms with E-state index in [0.29, 0.717) is 40.8 Å². The maximum absolute atomic E-state index is 13.5. The molecule has 1 fully saturated rings. The minimum atomic E-state index is -0.767. The Morgan fingerprint density at radius 3 is 2.82 bits per heavy atom. The van der Waals surface area contributed by atoms with Crippen LogP contribution in [0.2, 0.25) is 0 Å². The number of anilines is 3. The number of imidazole rings is 1. The molecule has 0 spiro atoms. The first-order valence-corrected chi connectivity index (χ1v) is 13.5. The zero-order valence-corrected chi connectivity index (χ0v) is 22.4. The van der Waals surface area contributed by atoms with Crippen LogP contribution in [0.1, 0.15) is 17.0 Å². The number of methoxy groups -OCH3 is 1. The molecular weight excluding hydrogens is 531 g/mol. The summed E-state index contributed by atoms with van der Waals surface area (Å²) in [6, 6.07) is 8.13. The third-order valence-electron chi connectivity index (χ3n) is 6.24. The maximum atomic E-state index is 13.5. The topological polar surface area (TPSA) is 135 Å². The van der Waals surface area contributed by atoms with Crippen LogP contribution in [0.15, 0.2) is 24.3 Å². The van der Waals surface area contributed by atoms with Crippen molar-refractivity contribution in [2.45, 2.75) is 12.8 Å². The van der Waals surface area contributed by atoms with Crippen molar-refractivity contribution in [1.82, 2.24) is 19.6 Å². The number of carbonyl (C=O) groups excluding carboxylic acids is 1. The van der Waals surface area contributed by atoms with E-state index in [2.05, 4.69) is 11.0 Å². The van der Waals surface area contributed by atoms with Gasteiger partial charge >= 0.3 is 6.09 Å². The number of nitrogens with zero attached hydrogens (tertiary/aromatic N) is 7. The van der Waals surface area contributed by atoms with E-state index in [4.69, 9.17) is 30.3 Å². The van der Waals surface area contributed by atoms with Crippen molar-refractivity contribution in [2.75, 3.05) is 50.3 Å². The van der Waals surface area contributed by atoms with Crippen LogP contribution in [-0.4, -0.2) is 66.1 Å². The van der Waals surface area contributed by atoms with E-state index >= 15 is 0 Å². The molecule has 0 radical (unpaired) electrons. The summed E-state index contributed by atoms with van der Waals surface area (Å²) in [5.41, 5.74) is 7.07.